The lowest BCUT2D eigenvalue weighted by molar-refractivity contribution is 0.0578. The van der Waals surface area contributed by atoms with Gasteiger partial charge in [0.1, 0.15) is 6.10 Å². The van der Waals surface area contributed by atoms with E-state index < -0.39 is 0 Å². The van der Waals surface area contributed by atoms with Gasteiger partial charge in [0, 0.05) is 6.61 Å². The Hall–Kier alpha value is -0.970. The Bertz CT molecular complexity index is 199. The van der Waals surface area contributed by atoms with Crippen LogP contribution in [0.25, 0.3) is 0 Å². The summed E-state index contributed by atoms with van der Waals surface area (Å²) in [6, 6.07) is 0. The van der Waals surface area contributed by atoms with Crippen molar-refractivity contribution in [3.05, 3.63) is 5.82 Å². The summed E-state index contributed by atoms with van der Waals surface area (Å²) in [5.74, 6) is 0.617. The molecule has 0 aliphatic heterocycles. The van der Waals surface area contributed by atoms with Crippen molar-refractivity contribution in [2.75, 3.05) is 6.61 Å². The number of hydrogen-bond donors (Lipinski definition) is 1. The van der Waals surface area contributed by atoms with Crippen molar-refractivity contribution in [3.63, 3.8) is 0 Å². The monoisotopic (exact) mass is 170 g/mol. The Kier molecular flexibility index (Phi) is 3.66. The maximum Gasteiger partial charge on any atom is 0.202 e. The van der Waals surface area contributed by atoms with Crippen LogP contribution in [0.3, 0.4) is 0 Å². The van der Waals surface area contributed by atoms with Crippen LogP contribution in [-0.2, 0) is 4.74 Å². The molecule has 0 aliphatic rings. The van der Waals surface area contributed by atoms with Crippen LogP contribution < -0.4 is 0 Å². The van der Waals surface area contributed by atoms with E-state index >= 15 is 0 Å². The van der Waals surface area contributed by atoms with Gasteiger partial charge in [-0.3, -0.25) is 0 Å². The average molecular weight is 170 g/mol. The highest BCUT2D eigenvalue weighted by Crippen LogP contribution is 2.09. The second kappa shape index (κ2) is 4.82. The zero-order valence-electron chi connectivity index (χ0n) is 7.45. The van der Waals surface area contributed by atoms with Crippen molar-refractivity contribution in [2.24, 2.45) is 0 Å². The minimum absolute atomic E-state index is 0.0599. The van der Waals surface area contributed by atoms with Gasteiger partial charge < -0.3 is 4.74 Å². The lowest BCUT2D eigenvalue weighted by atomic mass is 10.3. The van der Waals surface area contributed by atoms with E-state index in [-0.39, 0.29) is 6.10 Å². The SMILES string of the molecule is CCCCOC(C)c1nn[nH]n1. The zero-order valence-corrected chi connectivity index (χ0v) is 7.45. The van der Waals surface area contributed by atoms with Gasteiger partial charge in [0.2, 0.25) is 5.82 Å². The molecule has 0 bridgehead atoms. The number of aromatic amines is 1. The molecule has 1 atom stereocenters. The maximum absolute atomic E-state index is 5.44. The third kappa shape index (κ3) is 2.58. The Balaban J connectivity index is 2.25. The fourth-order valence-electron chi connectivity index (χ4n) is 0.821. The molecule has 68 valence electrons. The minimum atomic E-state index is -0.0599. The van der Waals surface area contributed by atoms with Gasteiger partial charge in [0.15, 0.2) is 0 Å². The highest BCUT2D eigenvalue weighted by molar-refractivity contribution is 4.80. The number of nitrogens with zero attached hydrogens (tertiary/aromatic N) is 3. The minimum Gasteiger partial charge on any atom is -0.370 e. The number of rotatable bonds is 5. The molecule has 1 aromatic rings. The summed E-state index contributed by atoms with van der Waals surface area (Å²) in [4.78, 5) is 0. The summed E-state index contributed by atoms with van der Waals surface area (Å²) in [6.45, 7) is 4.80. The highest BCUT2D eigenvalue weighted by Gasteiger charge is 2.09. The van der Waals surface area contributed by atoms with Gasteiger partial charge >= 0.3 is 0 Å². The van der Waals surface area contributed by atoms with Crippen LogP contribution in [0.2, 0.25) is 0 Å². The Morgan fingerprint density at radius 3 is 3.00 bits per heavy atom. The highest BCUT2D eigenvalue weighted by atomic mass is 16.5. The van der Waals surface area contributed by atoms with Crippen LogP contribution in [0.4, 0.5) is 0 Å². The molecule has 0 aliphatic carbocycles. The van der Waals surface area contributed by atoms with Gasteiger partial charge in [-0.25, -0.2) is 0 Å². The van der Waals surface area contributed by atoms with Gasteiger partial charge in [-0.15, -0.1) is 10.2 Å². The molecule has 12 heavy (non-hydrogen) atoms. The number of ether oxygens (including phenoxy) is 1. The molecule has 0 spiro atoms. The van der Waals surface area contributed by atoms with Crippen molar-refractivity contribution in [1.82, 2.24) is 20.6 Å². The van der Waals surface area contributed by atoms with Gasteiger partial charge in [-0.05, 0) is 13.3 Å². The Morgan fingerprint density at radius 2 is 2.42 bits per heavy atom. The van der Waals surface area contributed by atoms with Crippen molar-refractivity contribution in [1.29, 1.82) is 0 Å². The molecule has 5 heteroatoms. The van der Waals surface area contributed by atoms with Crippen LogP contribution in [0.1, 0.15) is 38.6 Å². The van der Waals surface area contributed by atoms with Crippen LogP contribution in [-0.4, -0.2) is 27.2 Å². The Labute approximate surface area is 71.5 Å². The van der Waals surface area contributed by atoms with E-state index in [2.05, 4.69) is 27.5 Å². The van der Waals surface area contributed by atoms with E-state index in [9.17, 15) is 0 Å². The van der Waals surface area contributed by atoms with Crippen LogP contribution in [0.15, 0.2) is 0 Å². The molecule has 1 aromatic heterocycles. The lowest BCUT2D eigenvalue weighted by Crippen LogP contribution is -2.03. The summed E-state index contributed by atoms with van der Waals surface area (Å²) >= 11 is 0. The first-order valence-electron chi connectivity index (χ1n) is 4.19. The van der Waals surface area contributed by atoms with Crippen molar-refractivity contribution >= 4 is 0 Å². The number of unbranched alkanes of at least 4 members (excludes halogenated alkanes) is 1. The molecule has 1 rings (SSSR count). The van der Waals surface area contributed by atoms with Crippen LogP contribution in [0.5, 0.6) is 0 Å². The quantitative estimate of drug-likeness (QED) is 0.671. The third-order valence-electron chi connectivity index (χ3n) is 1.59. The summed E-state index contributed by atoms with van der Waals surface area (Å²) in [5.41, 5.74) is 0. The second-order valence-corrected chi connectivity index (χ2v) is 2.64. The standard InChI is InChI=1S/C7H14N4O/c1-3-4-5-12-6(2)7-8-10-11-9-7/h6H,3-5H2,1-2H3,(H,8,9,10,11). The topological polar surface area (TPSA) is 63.7 Å². The molecule has 1 heterocycles. The van der Waals surface area contributed by atoms with E-state index in [4.69, 9.17) is 4.74 Å². The van der Waals surface area contributed by atoms with Gasteiger partial charge in [-0.2, -0.15) is 5.21 Å². The first-order valence-corrected chi connectivity index (χ1v) is 4.19. The lowest BCUT2D eigenvalue weighted by Gasteiger charge is -2.07. The molecule has 1 N–H and O–H groups in total. The van der Waals surface area contributed by atoms with E-state index in [1.807, 2.05) is 6.92 Å². The fourth-order valence-corrected chi connectivity index (χ4v) is 0.821. The summed E-state index contributed by atoms with van der Waals surface area (Å²) in [5, 5.41) is 13.5. The van der Waals surface area contributed by atoms with Crippen molar-refractivity contribution in [3.8, 4) is 0 Å². The smallest absolute Gasteiger partial charge is 0.202 e. The third-order valence-corrected chi connectivity index (χ3v) is 1.59. The van der Waals surface area contributed by atoms with Gasteiger partial charge in [0.25, 0.3) is 0 Å². The van der Waals surface area contributed by atoms with E-state index in [0.717, 1.165) is 19.4 Å². The van der Waals surface area contributed by atoms with Crippen LogP contribution in [0, 0.1) is 0 Å². The maximum atomic E-state index is 5.44. The number of H-pyrrole nitrogens is 1. The van der Waals surface area contributed by atoms with E-state index in [0.29, 0.717) is 5.82 Å². The molecular formula is C7H14N4O. The Morgan fingerprint density at radius 1 is 1.58 bits per heavy atom. The number of aromatic nitrogens is 4. The molecule has 0 aromatic carbocycles. The molecule has 0 amide bonds. The molecule has 0 fully saturated rings. The molecular weight excluding hydrogens is 156 g/mol. The second-order valence-electron chi connectivity index (χ2n) is 2.64. The number of tetrazole rings is 1. The molecule has 5 nitrogen and oxygen atoms in total. The zero-order chi connectivity index (χ0) is 8.81. The van der Waals surface area contributed by atoms with E-state index in [1.54, 1.807) is 0 Å². The molecule has 0 saturated carbocycles. The van der Waals surface area contributed by atoms with Gasteiger partial charge in [0.05, 0.1) is 0 Å². The van der Waals surface area contributed by atoms with Gasteiger partial charge in [-0.1, -0.05) is 18.6 Å². The first kappa shape index (κ1) is 9.12. The van der Waals surface area contributed by atoms with Crippen molar-refractivity contribution < 1.29 is 4.74 Å². The summed E-state index contributed by atoms with van der Waals surface area (Å²) in [6.07, 6.45) is 2.15. The largest absolute Gasteiger partial charge is 0.370 e. The summed E-state index contributed by atoms with van der Waals surface area (Å²) in [7, 11) is 0. The van der Waals surface area contributed by atoms with Crippen LogP contribution >= 0.6 is 0 Å². The first-order chi connectivity index (χ1) is 5.84. The molecule has 0 saturated heterocycles. The number of hydrogen-bond acceptors (Lipinski definition) is 4. The predicted molar refractivity (Wildman–Crippen MR) is 43.5 cm³/mol. The number of nitrogens with one attached hydrogen (secondary N) is 1. The predicted octanol–water partition coefficient (Wildman–Crippen LogP) is 1.08. The fraction of sp³-hybridized carbons (Fsp3) is 0.857. The molecule has 1 unspecified atom stereocenters. The van der Waals surface area contributed by atoms with E-state index in [1.165, 1.54) is 0 Å². The normalized spacial score (nSPS) is 13.2. The van der Waals surface area contributed by atoms with Crippen molar-refractivity contribution in [2.45, 2.75) is 32.8 Å². The molecule has 0 radical (unpaired) electrons. The summed E-state index contributed by atoms with van der Waals surface area (Å²) < 4.78 is 5.44. The average Bonchev–Trinajstić information content (AvgIpc) is 2.56.